The number of rotatable bonds is 4. The van der Waals surface area contributed by atoms with Crippen LogP contribution in [0.25, 0.3) is 0 Å². The summed E-state index contributed by atoms with van der Waals surface area (Å²) in [5, 5.41) is 4.24. The molecule has 2 rings (SSSR count). The van der Waals surface area contributed by atoms with Crippen LogP contribution in [0.3, 0.4) is 0 Å². The molecule has 2 N–H and O–H groups in total. The van der Waals surface area contributed by atoms with E-state index in [1.54, 1.807) is 0 Å². The Kier molecular flexibility index (Phi) is 3.97. The van der Waals surface area contributed by atoms with Crippen LogP contribution in [0.4, 0.5) is 0 Å². The number of nitrogens with zero attached hydrogens (tertiary/aromatic N) is 2. The van der Waals surface area contributed by atoms with E-state index < -0.39 is 0 Å². The lowest BCUT2D eigenvalue weighted by Crippen LogP contribution is -2.12. The van der Waals surface area contributed by atoms with E-state index in [1.165, 1.54) is 11.3 Å². The fraction of sp³-hybridized carbons (Fsp3) is 0.308. The summed E-state index contributed by atoms with van der Waals surface area (Å²) in [4.78, 5) is 0. The van der Waals surface area contributed by atoms with E-state index in [-0.39, 0.29) is 0 Å². The molecule has 90 valence electrons. The summed E-state index contributed by atoms with van der Waals surface area (Å²) >= 11 is 3.61. The summed E-state index contributed by atoms with van der Waals surface area (Å²) in [6.07, 6.45) is 2.75. The van der Waals surface area contributed by atoms with Crippen LogP contribution < -0.4 is 5.73 Å². The first-order valence-electron chi connectivity index (χ1n) is 5.66. The average molecular weight is 294 g/mol. The van der Waals surface area contributed by atoms with E-state index in [0.717, 1.165) is 10.9 Å². The van der Waals surface area contributed by atoms with Crippen molar-refractivity contribution in [1.82, 2.24) is 9.78 Å². The van der Waals surface area contributed by atoms with Crippen molar-refractivity contribution in [1.29, 1.82) is 0 Å². The van der Waals surface area contributed by atoms with Gasteiger partial charge in [0, 0.05) is 29.3 Å². The first-order chi connectivity index (χ1) is 8.24. The smallest absolute Gasteiger partial charge is 0.0492 e. The van der Waals surface area contributed by atoms with Crippen molar-refractivity contribution < 1.29 is 0 Å². The molecule has 1 unspecified atom stereocenters. The Morgan fingerprint density at radius 1 is 1.35 bits per heavy atom. The average Bonchev–Trinajstić information content (AvgIpc) is 2.74. The lowest BCUT2D eigenvalue weighted by Gasteiger charge is -2.18. The number of hydrogen-bond acceptors (Lipinski definition) is 2. The van der Waals surface area contributed by atoms with Crippen LogP contribution in [0.15, 0.2) is 41.0 Å². The zero-order chi connectivity index (χ0) is 12.3. The van der Waals surface area contributed by atoms with Gasteiger partial charge in [0.05, 0.1) is 0 Å². The molecular weight excluding hydrogens is 278 g/mol. The van der Waals surface area contributed by atoms with Gasteiger partial charge < -0.3 is 5.73 Å². The van der Waals surface area contributed by atoms with Gasteiger partial charge in [0.25, 0.3) is 0 Å². The van der Waals surface area contributed by atoms with Gasteiger partial charge in [-0.15, -0.1) is 0 Å². The van der Waals surface area contributed by atoms with Gasteiger partial charge in [0.2, 0.25) is 0 Å². The van der Waals surface area contributed by atoms with Crippen molar-refractivity contribution in [3.05, 3.63) is 52.3 Å². The Balaban J connectivity index is 2.43. The highest BCUT2D eigenvalue weighted by atomic mass is 79.9. The molecule has 1 heterocycles. The van der Waals surface area contributed by atoms with Gasteiger partial charge in [-0.1, -0.05) is 34.1 Å². The monoisotopic (exact) mass is 293 g/mol. The molecule has 3 nitrogen and oxygen atoms in total. The third kappa shape index (κ3) is 2.58. The van der Waals surface area contributed by atoms with Crippen LogP contribution in [0.2, 0.25) is 0 Å². The van der Waals surface area contributed by atoms with E-state index in [2.05, 4.69) is 45.3 Å². The first-order valence-corrected chi connectivity index (χ1v) is 6.45. The van der Waals surface area contributed by atoms with E-state index >= 15 is 0 Å². The maximum atomic E-state index is 5.73. The van der Waals surface area contributed by atoms with Gasteiger partial charge in [-0.25, -0.2) is 0 Å². The molecule has 2 aromatic rings. The Hall–Kier alpha value is -1.13. The van der Waals surface area contributed by atoms with Crippen LogP contribution in [-0.2, 0) is 7.05 Å². The molecule has 0 radical (unpaired) electrons. The molecule has 17 heavy (non-hydrogen) atoms. The van der Waals surface area contributed by atoms with E-state index in [0.29, 0.717) is 12.5 Å². The standard InChI is InChI=1S/C13H16BrN3/c1-17-13(7-9-16-17)11(6-8-15)10-4-2-3-5-12(10)14/h2-5,7,9,11H,6,8,15H2,1H3. The summed E-state index contributed by atoms with van der Waals surface area (Å²) < 4.78 is 3.04. The largest absolute Gasteiger partial charge is 0.330 e. The van der Waals surface area contributed by atoms with Gasteiger partial charge in [-0.3, -0.25) is 4.68 Å². The van der Waals surface area contributed by atoms with Gasteiger partial charge >= 0.3 is 0 Å². The minimum atomic E-state index is 0.295. The van der Waals surface area contributed by atoms with E-state index in [1.807, 2.05) is 24.0 Å². The Morgan fingerprint density at radius 2 is 2.12 bits per heavy atom. The molecule has 0 aliphatic heterocycles. The molecule has 0 fully saturated rings. The van der Waals surface area contributed by atoms with Crippen LogP contribution in [0.5, 0.6) is 0 Å². The van der Waals surface area contributed by atoms with Crippen molar-refractivity contribution in [3.63, 3.8) is 0 Å². The van der Waals surface area contributed by atoms with Crippen molar-refractivity contribution in [2.45, 2.75) is 12.3 Å². The number of halogens is 1. The highest BCUT2D eigenvalue weighted by Gasteiger charge is 2.18. The molecule has 0 spiro atoms. The normalized spacial score (nSPS) is 12.6. The minimum absolute atomic E-state index is 0.295. The summed E-state index contributed by atoms with van der Waals surface area (Å²) in [7, 11) is 1.97. The molecular formula is C13H16BrN3. The highest BCUT2D eigenvalue weighted by molar-refractivity contribution is 9.10. The van der Waals surface area contributed by atoms with Crippen LogP contribution in [0, 0.1) is 0 Å². The second-order valence-corrected chi connectivity index (χ2v) is 4.89. The Labute approximate surface area is 110 Å². The molecule has 0 saturated heterocycles. The van der Waals surface area contributed by atoms with Crippen molar-refractivity contribution >= 4 is 15.9 Å². The number of aromatic nitrogens is 2. The quantitative estimate of drug-likeness (QED) is 0.942. The molecule has 0 amide bonds. The van der Waals surface area contributed by atoms with Crippen LogP contribution in [0.1, 0.15) is 23.6 Å². The van der Waals surface area contributed by atoms with Gasteiger partial charge in [0.1, 0.15) is 0 Å². The third-order valence-electron chi connectivity index (χ3n) is 2.95. The van der Waals surface area contributed by atoms with Crippen molar-refractivity contribution in [2.75, 3.05) is 6.54 Å². The summed E-state index contributed by atoms with van der Waals surface area (Å²) in [5.74, 6) is 0.295. The molecule has 1 atom stereocenters. The lowest BCUT2D eigenvalue weighted by atomic mass is 9.92. The maximum absolute atomic E-state index is 5.73. The molecule has 4 heteroatoms. The molecule has 0 aliphatic carbocycles. The van der Waals surface area contributed by atoms with E-state index in [9.17, 15) is 0 Å². The van der Waals surface area contributed by atoms with Crippen molar-refractivity contribution in [3.8, 4) is 0 Å². The fourth-order valence-corrected chi connectivity index (χ4v) is 2.67. The van der Waals surface area contributed by atoms with Gasteiger partial charge in [-0.05, 0) is 30.7 Å². The van der Waals surface area contributed by atoms with Gasteiger partial charge in [-0.2, -0.15) is 5.10 Å². The number of benzene rings is 1. The highest BCUT2D eigenvalue weighted by Crippen LogP contribution is 2.32. The predicted molar refractivity (Wildman–Crippen MR) is 72.9 cm³/mol. The molecule has 0 saturated carbocycles. The Bertz CT molecular complexity index is 493. The SMILES string of the molecule is Cn1nccc1C(CCN)c1ccccc1Br. The van der Waals surface area contributed by atoms with E-state index in [4.69, 9.17) is 5.73 Å². The summed E-state index contributed by atoms with van der Waals surface area (Å²) in [5.41, 5.74) is 8.19. The minimum Gasteiger partial charge on any atom is -0.330 e. The second-order valence-electron chi connectivity index (χ2n) is 4.03. The zero-order valence-electron chi connectivity index (χ0n) is 9.81. The second kappa shape index (κ2) is 5.47. The molecule has 1 aromatic heterocycles. The zero-order valence-corrected chi connectivity index (χ0v) is 11.4. The summed E-state index contributed by atoms with van der Waals surface area (Å²) in [6, 6.07) is 10.3. The molecule has 0 aliphatic rings. The topological polar surface area (TPSA) is 43.8 Å². The number of aryl methyl sites for hydroxylation is 1. The third-order valence-corrected chi connectivity index (χ3v) is 3.67. The first kappa shape index (κ1) is 12.3. The number of hydrogen-bond donors (Lipinski definition) is 1. The Morgan fingerprint density at radius 3 is 2.71 bits per heavy atom. The maximum Gasteiger partial charge on any atom is 0.0492 e. The van der Waals surface area contributed by atoms with Crippen LogP contribution in [-0.4, -0.2) is 16.3 Å². The van der Waals surface area contributed by atoms with Gasteiger partial charge in [0.15, 0.2) is 0 Å². The van der Waals surface area contributed by atoms with Crippen LogP contribution >= 0.6 is 15.9 Å². The lowest BCUT2D eigenvalue weighted by molar-refractivity contribution is 0.629. The molecule has 0 bridgehead atoms. The molecule has 1 aromatic carbocycles. The predicted octanol–water partition coefficient (Wildman–Crippen LogP) is 2.66. The number of nitrogens with two attached hydrogens (primary N) is 1. The fourth-order valence-electron chi connectivity index (χ4n) is 2.11. The summed E-state index contributed by atoms with van der Waals surface area (Å²) in [6.45, 7) is 0.664. The van der Waals surface area contributed by atoms with Crippen molar-refractivity contribution in [2.24, 2.45) is 12.8 Å².